The topological polar surface area (TPSA) is 17.8 Å². The predicted molar refractivity (Wildman–Crippen MR) is 101 cm³/mol. The van der Waals surface area contributed by atoms with Crippen LogP contribution in [0.5, 0.6) is 0 Å². The lowest BCUT2D eigenvalue weighted by atomic mass is 10.0. The standard InChI is InChI=1S/C22H18N2/c1-2-7-16(8-3-1)12-13-20-18-10-6-14-24-21-11-5-4-9-17(21)19(15-23-20)22(18)24/h1-5,7-9,11-13,15H,6,10,14H2/b13-12+. The number of hydrogen-bond donors (Lipinski definition) is 0. The highest BCUT2D eigenvalue weighted by Gasteiger charge is 2.19. The van der Waals surface area contributed by atoms with Gasteiger partial charge in [0.05, 0.1) is 11.2 Å². The van der Waals surface area contributed by atoms with Crippen molar-refractivity contribution >= 4 is 34.0 Å². The fourth-order valence-electron chi connectivity index (χ4n) is 3.90. The van der Waals surface area contributed by atoms with E-state index in [1.807, 2.05) is 12.3 Å². The molecule has 116 valence electrons. The molecule has 0 atom stereocenters. The molecule has 0 bridgehead atoms. The van der Waals surface area contributed by atoms with Crippen LogP contribution in [-0.4, -0.2) is 9.55 Å². The fraction of sp³-hybridized carbons (Fsp3) is 0.136. The largest absolute Gasteiger partial charge is 0.340 e. The normalized spacial score (nSPS) is 14.0. The molecule has 0 amide bonds. The van der Waals surface area contributed by atoms with Crippen molar-refractivity contribution in [3.8, 4) is 0 Å². The van der Waals surface area contributed by atoms with Gasteiger partial charge in [0, 0.05) is 34.6 Å². The van der Waals surface area contributed by atoms with E-state index >= 15 is 0 Å². The number of aromatic nitrogens is 2. The highest BCUT2D eigenvalue weighted by atomic mass is 15.0. The van der Waals surface area contributed by atoms with Gasteiger partial charge in [-0.25, -0.2) is 0 Å². The molecule has 0 radical (unpaired) electrons. The molecule has 2 aromatic heterocycles. The van der Waals surface area contributed by atoms with Gasteiger partial charge in [0.25, 0.3) is 0 Å². The minimum Gasteiger partial charge on any atom is -0.340 e. The predicted octanol–water partition coefficient (Wildman–Crippen LogP) is 5.31. The average Bonchev–Trinajstić information content (AvgIpc) is 2.98. The summed E-state index contributed by atoms with van der Waals surface area (Å²) in [6.45, 7) is 1.10. The van der Waals surface area contributed by atoms with Crippen molar-refractivity contribution in [1.29, 1.82) is 0 Å². The van der Waals surface area contributed by atoms with Gasteiger partial charge in [0.1, 0.15) is 0 Å². The minimum atomic E-state index is 1.10. The first-order valence-electron chi connectivity index (χ1n) is 8.54. The third-order valence-electron chi connectivity index (χ3n) is 4.98. The second kappa shape index (κ2) is 5.34. The van der Waals surface area contributed by atoms with Crippen molar-refractivity contribution in [2.45, 2.75) is 19.4 Å². The van der Waals surface area contributed by atoms with Crippen LogP contribution in [0.2, 0.25) is 0 Å². The zero-order chi connectivity index (χ0) is 15.9. The Bertz CT molecular complexity index is 1070. The first kappa shape index (κ1) is 13.6. The van der Waals surface area contributed by atoms with Gasteiger partial charge in [-0.2, -0.15) is 0 Å². The summed E-state index contributed by atoms with van der Waals surface area (Å²) in [5.74, 6) is 0. The maximum absolute atomic E-state index is 4.79. The van der Waals surface area contributed by atoms with Crippen LogP contribution in [0.1, 0.15) is 23.2 Å². The van der Waals surface area contributed by atoms with Gasteiger partial charge in [-0.05, 0) is 30.5 Å². The highest BCUT2D eigenvalue weighted by Crippen LogP contribution is 2.35. The van der Waals surface area contributed by atoms with Gasteiger partial charge in [-0.15, -0.1) is 0 Å². The fourth-order valence-corrected chi connectivity index (χ4v) is 3.90. The summed E-state index contributed by atoms with van der Waals surface area (Å²) in [6, 6.07) is 19.1. The molecule has 0 spiro atoms. The minimum absolute atomic E-state index is 1.10. The summed E-state index contributed by atoms with van der Waals surface area (Å²) in [4.78, 5) is 4.79. The number of fused-ring (bicyclic) bond motifs is 3. The molecule has 1 aliphatic rings. The molecule has 0 unspecified atom stereocenters. The molecule has 0 fully saturated rings. The van der Waals surface area contributed by atoms with E-state index in [-0.39, 0.29) is 0 Å². The van der Waals surface area contributed by atoms with Gasteiger partial charge in [0.15, 0.2) is 0 Å². The lowest BCUT2D eigenvalue weighted by molar-refractivity contribution is 0.649. The summed E-state index contributed by atoms with van der Waals surface area (Å²) in [5, 5.41) is 2.61. The molecule has 5 rings (SSSR count). The van der Waals surface area contributed by atoms with Crippen molar-refractivity contribution in [3.05, 3.63) is 77.6 Å². The van der Waals surface area contributed by atoms with Gasteiger partial charge < -0.3 is 4.57 Å². The van der Waals surface area contributed by atoms with E-state index in [1.165, 1.54) is 39.4 Å². The van der Waals surface area contributed by atoms with E-state index in [4.69, 9.17) is 4.98 Å². The molecule has 4 aromatic rings. The summed E-state index contributed by atoms with van der Waals surface area (Å²) in [5.41, 5.74) is 6.42. The molecule has 2 nitrogen and oxygen atoms in total. The van der Waals surface area contributed by atoms with Crippen molar-refractivity contribution in [1.82, 2.24) is 9.55 Å². The summed E-state index contributed by atoms with van der Waals surface area (Å²) >= 11 is 0. The number of nitrogens with zero attached hydrogens (tertiary/aromatic N) is 2. The SMILES string of the molecule is C(=C\c1ncc2c3ccccc3n3c2c1CCC3)/c1ccccc1. The van der Waals surface area contributed by atoms with Crippen molar-refractivity contribution in [2.75, 3.05) is 0 Å². The van der Waals surface area contributed by atoms with Crippen LogP contribution < -0.4 is 0 Å². The Hall–Kier alpha value is -2.87. The van der Waals surface area contributed by atoms with E-state index in [2.05, 4.69) is 65.3 Å². The summed E-state index contributed by atoms with van der Waals surface area (Å²) < 4.78 is 2.48. The zero-order valence-corrected chi connectivity index (χ0v) is 13.4. The maximum Gasteiger partial charge on any atom is 0.0683 e. The van der Waals surface area contributed by atoms with E-state index in [1.54, 1.807) is 0 Å². The Morgan fingerprint density at radius 3 is 2.62 bits per heavy atom. The first-order chi connectivity index (χ1) is 11.9. The summed E-state index contributed by atoms with van der Waals surface area (Å²) in [7, 11) is 0. The molecule has 0 saturated heterocycles. The lowest BCUT2D eigenvalue weighted by Crippen LogP contribution is -2.09. The van der Waals surface area contributed by atoms with Crippen LogP contribution in [0.25, 0.3) is 34.0 Å². The number of pyridine rings is 1. The van der Waals surface area contributed by atoms with Crippen LogP contribution in [0.15, 0.2) is 60.8 Å². The molecule has 3 heterocycles. The molecular weight excluding hydrogens is 292 g/mol. The van der Waals surface area contributed by atoms with E-state index < -0.39 is 0 Å². The molecule has 24 heavy (non-hydrogen) atoms. The van der Waals surface area contributed by atoms with E-state index in [0.717, 1.165) is 18.7 Å². The number of aryl methyl sites for hydroxylation is 2. The first-order valence-corrected chi connectivity index (χ1v) is 8.54. The smallest absolute Gasteiger partial charge is 0.0683 e. The molecule has 2 aromatic carbocycles. The van der Waals surface area contributed by atoms with Crippen LogP contribution in [0.4, 0.5) is 0 Å². The van der Waals surface area contributed by atoms with Crippen molar-refractivity contribution < 1.29 is 0 Å². The zero-order valence-electron chi connectivity index (χ0n) is 13.4. The number of hydrogen-bond acceptors (Lipinski definition) is 1. The van der Waals surface area contributed by atoms with Crippen LogP contribution in [0.3, 0.4) is 0 Å². The van der Waals surface area contributed by atoms with Crippen LogP contribution in [0, 0.1) is 0 Å². The monoisotopic (exact) mass is 310 g/mol. The molecule has 2 heteroatoms. The van der Waals surface area contributed by atoms with E-state index in [9.17, 15) is 0 Å². The molecule has 0 aliphatic carbocycles. The Morgan fingerprint density at radius 2 is 1.71 bits per heavy atom. The van der Waals surface area contributed by atoms with Crippen molar-refractivity contribution in [3.63, 3.8) is 0 Å². The molecule has 0 saturated carbocycles. The van der Waals surface area contributed by atoms with E-state index in [0.29, 0.717) is 0 Å². The molecular formula is C22H18N2. The van der Waals surface area contributed by atoms with Crippen LogP contribution >= 0.6 is 0 Å². The Morgan fingerprint density at radius 1 is 0.875 bits per heavy atom. The third-order valence-corrected chi connectivity index (χ3v) is 4.98. The maximum atomic E-state index is 4.79. The summed E-state index contributed by atoms with van der Waals surface area (Å²) in [6.07, 6.45) is 8.66. The van der Waals surface area contributed by atoms with Gasteiger partial charge in [0.2, 0.25) is 0 Å². The quantitative estimate of drug-likeness (QED) is 0.491. The Labute approximate surface area is 141 Å². The Balaban J connectivity index is 1.73. The average molecular weight is 310 g/mol. The van der Waals surface area contributed by atoms with Gasteiger partial charge in [-0.1, -0.05) is 54.6 Å². The third kappa shape index (κ3) is 2.00. The molecule has 0 N–H and O–H groups in total. The number of para-hydroxylation sites is 1. The highest BCUT2D eigenvalue weighted by molar-refractivity contribution is 6.09. The van der Waals surface area contributed by atoms with Crippen LogP contribution in [-0.2, 0) is 13.0 Å². The second-order valence-corrected chi connectivity index (χ2v) is 6.40. The van der Waals surface area contributed by atoms with Crippen molar-refractivity contribution in [2.24, 2.45) is 0 Å². The Kier molecular flexibility index (Phi) is 3.02. The number of rotatable bonds is 2. The van der Waals surface area contributed by atoms with Gasteiger partial charge >= 0.3 is 0 Å². The lowest BCUT2D eigenvalue weighted by Gasteiger charge is -2.17. The number of benzene rings is 2. The van der Waals surface area contributed by atoms with Gasteiger partial charge in [-0.3, -0.25) is 4.98 Å². The molecule has 1 aliphatic heterocycles. The second-order valence-electron chi connectivity index (χ2n) is 6.40.